The molecule has 25 heavy (non-hydrogen) atoms. The monoisotopic (exact) mass is 349 g/mol. The third-order valence-corrected chi connectivity index (χ3v) is 3.45. The number of amides is 1. The molecule has 1 N–H and O–H groups in total. The van der Waals surface area contributed by atoms with Gasteiger partial charge in [-0.2, -0.15) is 0 Å². The number of carbonyl (C=O) groups is 1. The van der Waals surface area contributed by atoms with E-state index in [-0.39, 0.29) is 24.9 Å². The zero-order valence-electron chi connectivity index (χ0n) is 14.3. The van der Waals surface area contributed by atoms with Crippen molar-refractivity contribution in [2.24, 2.45) is 0 Å². The van der Waals surface area contributed by atoms with Gasteiger partial charge in [-0.15, -0.1) is 0 Å². The van der Waals surface area contributed by atoms with Crippen molar-refractivity contribution >= 4 is 5.91 Å². The van der Waals surface area contributed by atoms with E-state index in [0.717, 1.165) is 5.56 Å². The molecule has 0 heterocycles. The maximum Gasteiger partial charge on any atom is 0.258 e. The summed E-state index contributed by atoms with van der Waals surface area (Å²) in [6.07, 6.45) is 0. The second kappa shape index (κ2) is 8.77. The van der Waals surface area contributed by atoms with Crippen molar-refractivity contribution in [3.8, 4) is 23.0 Å². The number of benzene rings is 2. The number of rotatable bonds is 8. The summed E-state index contributed by atoms with van der Waals surface area (Å²) in [5.41, 5.74) is 0.732. The zero-order valence-corrected chi connectivity index (χ0v) is 14.3. The Kier molecular flexibility index (Phi) is 6.45. The largest absolute Gasteiger partial charge is 0.496 e. The van der Waals surface area contributed by atoms with Crippen molar-refractivity contribution < 1.29 is 28.1 Å². The molecule has 0 aromatic heterocycles. The molecular weight excluding hydrogens is 329 g/mol. The van der Waals surface area contributed by atoms with E-state index >= 15 is 0 Å². The average Bonchev–Trinajstić information content (AvgIpc) is 2.65. The third-order valence-electron chi connectivity index (χ3n) is 3.45. The Morgan fingerprint density at radius 2 is 1.56 bits per heavy atom. The van der Waals surface area contributed by atoms with Crippen molar-refractivity contribution in [1.82, 2.24) is 5.32 Å². The van der Waals surface area contributed by atoms with E-state index in [9.17, 15) is 9.18 Å². The molecular formula is C18H20FNO5. The minimum Gasteiger partial charge on any atom is -0.496 e. The summed E-state index contributed by atoms with van der Waals surface area (Å²) in [5, 5.41) is 2.73. The molecule has 0 aliphatic heterocycles. The van der Waals surface area contributed by atoms with Crippen molar-refractivity contribution in [1.29, 1.82) is 0 Å². The fourth-order valence-electron chi connectivity index (χ4n) is 2.16. The molecule has 2 aromatic carbocycles. The van der Waals surface area contributed by atoms with Gasteiger partial charge >= 0.3 is 0 Å². The van der Waals surface area contributed by atoms with Crippen LogP contribution in [0.25, 0.3) is 0 Å². The summed E-state index contributed by atoms with van der Waals surface area (Å²) in [6, 6.07) is 8.87. The van der Waals surface area contributed by atoms with Crippen molar-refractivity contribution in [2.75, 3.05) is 27.9 Å². The Balaban J connectivity index is 1.95. The zero-order chi connectivity index (χ0) is 18.2. The van der Waals surface area contributed by atoms with E-state index in [4.69, 9.17) is 18.9 Å². The topological polar surface area (TPSA) is 66.0 Å². The third kappa shape index (κ3) is 5.00. The highest BCUT2D eigenvalue weighted by Crippen LogP contribution is 2.34. The van der Waals surface area contributed by atoms with Crippen LogP contribution in [0, 0.1) is 5.82 Å². The van der Waals surface area contributed by atoms with Gasteiger partial charge in [-0.3, -0.25) is 4.79 Å². The SMILES string of the molecule is COc1cc(OC)c(OC)cc1CNC(=O)COc1ccc(F)cc1. The van der Waals surface area contributed by atoms with E-state index < -0.39 is 0 Å². The lowest BCUT2D eigenvalue weighted by molar-refractivity contribution is -0.123. The Bertz CT molecular complexity index is 718. The van der Waals surface area contributed by atoms with Gasteiger partial charge in [0.05, 0.1) is 21.3 Å². The molecule has 2 rings (SSSR count). The van der Waals surface area contributed by atoms with E-state index in [1.54, 1.807) is 12.1 Å². The van der Waals surface area contributed by atoms with Crippen LogP contribution in [0.4, 0.5) is 4.39 Å². The minimum absolute atomic E-state index is 0.179. The van der Waals surface area contributed by atoms with E-state index in [0.29, 0.717) is 23.0 Å². The Morgan fingerprint density at radius 3 is 2.16 bits per heavy atom. The summed E-state index contributed by atoms with van der Waals surface area (Å²) >= 11 is 0. The smallest absolute Gasteiger partial charge is 0.258 e. The van der Waals surface area contributed by atoms with Gasteiger partial charge < -0.3 is 24.3 Å². The second-order valence-electron chi connectivity index (χ2n) is 5.04. The first kappa shape index (κ1) is 18.4. The van der Waals surface area contributed by atoms with Crippen LogP contribution in [-0.2, 0) is 11.3 Å². The number of halogens is 1. The summed E-state index contributed by atoms with van der Waals surface area (Å²) in [7, 11) is 4.60. The molecule has 134 valence electrons. The van der Waals surface area contributed by atoms with Crippen molar-refractivity contribution in [3.63, 3.8) is 0 Å². The normalized spacial score (nSPS) is 10.1. The van der Waals surface area contributed by atoms with Gasteiger partial charge in [0, 0.05) is 18.2 Å². The minimum atomic E-state index is -0.364. The molecule has 0 fully saturated rings. The van der Waals surface area contributed by atoms with Crippen LogP contribution in [-0.4, -0.2) is 33.8 Å². The van der Waals surface area contributed by atoms with Crippen LogP contribution in [0.5, 0.6) is 23.0 Å². The molecule has 0 bridgehead atoms. The Labute approximate surface area is 145 Å². The highest BCUT2D eigenvalue weighted by Gasteiger charge is 2.13. The highest BCUT2D eigenvalue weighted by atomic mass is 19.1. The van der Waals surface area contributed by atoms with Crippen molar-refractivity contribution in [2.45, 2.75) is 6.54 Å². The average molecular weight is 349 g/mol. The number of ether oxygens (including phenoxy) is 4. The van der Waals surface area contributed by atoms with Crippen molar-refractivity contribution in [3.05, 3.63) is 47.8 Å². The molecule has 7 heteroatoms. The predicted molar refractivity (Wildman–Crippen MR) is 89.8 cm³/mol. The lowest BCUT2D eigenvalue weighted by Gasteiger charge is -2.14. The fourth-order valence-corrected chi connectivity index (χ4v) is 2.16. The molecule has 2 aromatic rings. The lowest BCUT2D eigenvalue weighted by atomic mass is 10.1. The van der Waals surface area contributed by atoms with Gasteiger partial charge in [0.1, 0.15) is 17.3 Å². The van der Waals surface area contributed by atoms with Gasteiger partial charge in [-0.25, -0.2) is 4.39 Å². The van der Waals surface area contributed by atoms with Crippen LogP contribution in [0.2, 0.25) is 0 Å². The Morgan fingerprint density at radius 1 is 0.960 bits per heavy atom. The van der Waals surface area contributed by atoms with Crippen LogP contribution in [0.15, 0.2) is 36.4 Å². The number of carbonyl (C=O) groups excluding carboxylic acids is 1. The molecule has 0 saturated heterocycles. The predicted octanol–water partition coefficient (Wildman–Crippen LogP) is 2.55. The van der Waals surface area contributed by atoms with Gasteiger partial charge in [0.15, 0.2) is 18.1 Å². The summed E-state index contributed by atoms with van der Waals surface area (Å²) in [4.78, 5) is 11.9. The molecule has 6 nitrogen and oxygen atoms in total. The summed E-state index contributed by atoms with van der Waals surface area (Å²) in [5.74, 6) is 1.38. The van der Waals surface area contributed by atoms with Crippen LogP contribution >= 0.6 is 0 Å². The molecule has 1 amide bonds. The first-order valence-corrected chi connectivity index (χ1v) is 7.51. The standard InChI is InChI=1S/C18H20FNO5/c1-22-15-9-17(24-3)16(23-2)8-12(15)10-20-18(21)11-25-14-6-4-13(19)5-7-14/h4-9H,10-11H2,1-3H3,(H,20,21). The lowest BCUT2D eigenvalue weighted by Crippen LogP contribution is -2.28. The number of nitrogens with one attached hydrogen (secondary N) is 1. The molecule has 0 radical (unpaired) electrons. The second-order valence-corrected chi connectivity index (χ2v) is 5.04. The fraction of sp³-hybridized carbons (Fsp3) is 0.278. The van der Waals surface area contributed by atoms with Gasteiger partial charge in [0.25, 0.3) is 5.91 Å². The maximum absolute atomic E-state index is 12.8. The molecule has 0 aliphatic carbocycles. The van der Waals surface area contributed by atoms with Gasteiger partial charge in [-0.1, -0.05) is 0 Å². The molecule has 0 aliphatic rings. The summed E-state index contributed by atoms with van der Waals surface area (Å²) < 4.78 is 33.9. The first-order valence-electron chi connectivity index (χ1n) is 7.51. The summed E-state index contributed by atoms with van der Waals surface area (Å²) in [6.45, 7) is 0.0520. The quantitative estimate of drug-likeness (QED) is 0.793. The molecule has 0 atom stereocenters. The molecule has 0 spiro atoms. The first-order chi connectivity index (χ1) is 12.1. The van der Waals surface area contributed by atoms with Crippen LogP contribution < -0.4 is 24.3 Å². The highest BCUT2D eigenvalue weighted by molar-refractivity contribution is 5.77. The van der Waals surface area contributed by atoms with E-state index in [1.807, 2.05) is 0 Å². The van der Waals surface area contributed by atoms with Crippen LogP contribution in [0.1, 0.15) is 5.56 Å². The van der Waals surface area contributed by atoms with Gasteiger partial charge in [-0.05, 0) is 30.3 Å². The number of hydrogen-bond donors (Lipinski definition) is 1. The van der Waals surface area contributed by atoms with E-state index in [1.165, 1.54) is 45.6 Å². The van der Waals surface area contributed by atoms with Gasteiger partial charge in [0.2, 0.25) is 0 Å². The molecule has 0 saturated carbocycles. The van der Waals surface area contributed by atoms with Crippen LogP contribution in [0.3, 0.4) is 0 Å². The maximum atomic E-state index is 12.8. The van der Waals surface area contributed by atoms with E-state index in [2.05, 4.69) is 5.32 Å². The Hall–Kier alpha value is -2.96. The number of methoxy groups -OCH3 is 3. The number of hydrogen-bond acceptors (Lipinski definition) is 5. The molecule has 0 unspecified atom stereocenters.